The maximum atomic E-state index is 5.41. The fourth-order valence-electron chi connectivity index (χ4n) is 1.14. The van der Waals surface area contributed by atoms with Gasteiger partial charge in [-0.1, -0.05) is 19.0 Å². The van der Waals surface area contributed by atoms with E-state index >= 15 is 0 Å². The van der Waals surface area contributed by atoms with Gasteiger partial charge in [0.2, 0.25) is 0 Å². The molecular weight excluding hydrogens is 125 g/mol. The molecule has 0 bridgehead atoms. The van der Waals surface area contributed by atoms with Crippen LogP contribution in [0.25, 0.3) is 0 Å². The highest BCUT2D eigenvalue weighted by atomic mass is 14.5. The van der Waals surface area contributed by atoms with E-state index in [1.54, 1.807) is 0 Å². The van der Waals surface area contributed by atoms with Crippen LogP contribution in [0.1, 0.15) is 0 Å². The van der Waals surface area contributed by atoms with Gasteiger partial charge in [0.25, 0.3) is 0 Å². The predicted molar refractivity (Wildman–Crippen MR) is 47.3 cm³/mol. The van der Waals surface area contributed by atoms with Crippen LogP contribution in [0.4, 0.5) is 0 Å². The third kappa shape index (κ3) is 4.79. The summed E-state index contributed by atoms with van der Waals surface area (Å²) in [5.74, 6) is 0. The third-order valence-corrected chi connectivity index (χ3v) is 1.72. The lowest BCUT2D eigenvalue weighted by atomic mass is 9.43. The van der Waals surface area contributed by atoms with Gasteiger partial charge in [-0.25, -0.2) is 0 Å². The molecule has 0 spiro atoms. The maximum absolute atomic E-state index is 5.41. The fraction of sp³-hybridized carbons (Fsp3) is 1.00. The fourth-order valence-corrected chi connectivity index (χ4v) is 1.14. The van der Waals surface area contributed by atoms with Gasteiger partial charge < -0.3 is 17.2 Å². The van der Waals surface area contributed by atoms with Crippen molar-refractivity contribution in [3.63, 3.8) is 0 Å². The van der Waals surface area contributed by atoms with Crippen molar-refractivity contribution in [2.75, 3.05) is 19.6 Å². The molecule has 0 saturated heterocycles. The molecule has 0 rings (SSSR count). The Morgan fingerprint density at radius 3 is 1.20 bits per heavy atom. The minimum Gasteiger partial charge on any atom is -0.331 e. The first-order valence-electron chi connectivity index (χ1n) is 3.95. The molecule has 0 aromatic rings. The Morgan fingerprint density at radius 1 is 0.700 bits per heavy atom. The summed E-state index contributed by atoms with van der Waals surface area (Å²) in [6.07, 6.45) is 3.19. The normalized spacial score (nSPS) is 9.90. The monoisotopic (exact) mass is 143 g/mol. The summed E-state index contributed by atoms with van der Waals surface area (Å²) in [5.41, 5.74) is 16.2. The average Bonchev–Trinajstić information content (AvgIpc) is 1.90. The zero-order valence-corrected chi connectivity index (χ0v) is 6.55. The lowest BCUT2D eigenvalue weighted by Gasteiger charge is -2.08. The Hall–Kier alpha value is -0.0551. The van der Waals surface area contributed by atoms with Gasteiger partial charge in [-0.3, -0.25) is 0 Å². The van der Waals surface area contributed by atoms with Crippen molar-refractivity contribution in [3.05, 3.63) is 0 Å². The topological polar surface area (TPSA) is 78.1 Å². The van der Waals surface area contributed by atoms with Crippen molar-refractivity contribution in [1.82, 2.24) is 0 Å². The number of rotatable bonds is 6. The molecule has 0 saturated carbocycles. The van der Waals surface area contributed by atoms with Gasteiger partial charge in [-0.2, -0.15) is 0 Å². The van der Waals surface area contributed by atoms with Crippen molar-refractivity contribution in [2.45, 2.75) is 19.0 Å². The van der Waals surface area contributed by atoms with E-state index in [-0.39, 0.29) is 0 Å². The molecule has 0 unspecified atom stereocenters. The molecule has 6 N–H and O–H groups in total. The number of hydrogen-bond acceptors (Lipinski definition) is 3. The first kappa shape index (κ1) is 9.94. The van der Waals surface area contributed by atoms with Crippen LogP contribution in [-0.4, -0.2) is 26.3 Å². The molecule has 0 atom stereocenters. The first-order chi connectivity index (χ1) is 4.85. The average molecular weight is 143 g/mol. The Morgan fingerprint density at radius 2 is 1.00 bits per heavy atom. The number of hydrogen-bond donors (Lipinski definition) is 3. The van der Waals surface area contributed by atoms with Crippen molar-refractivity contribution in [3.8, 4) is 0 Å². The molecule has 60 valence electrons. The Labute approximate surface area is 63.4 Å². The second kappa shape index (κ2) is 7.06. The minimum atomic E-state index is 0.653. The first-order valence-corrected chi connectivity index (χ1v) is 3.95. The molecule has 0 amide bonds. The quantitative estimate of drug-likeness (QED) is 0.432. The highest BCUT2D eigenvalue weighted by Gasteiger charge is 2.09. The highest BCUT2D eigenvalue weighted by Crippen LogP contribution is 2.01. The third-order valence-electron chi connectivity index (χ3n) is 1.72. The highest BCUT2D eigenvalue weighted by molar-refractivity contribution is 6.59. The predicted octanol–water partition coefficient (Wildman–Crippen LogP) is -0.643. The van der Waals surface area contributed by atoms with Gasteiger partial charge in [0, 0.05) is 0 Å². The zero-order valence-electron chi connectivity index (χ0n) is 6.55. The second-order valence-electron chi connectivity index (χ2n) is 2.60. The van der Waals surface area contributed by atoms with Crippen LogP contribution in [0.5, 0.6) is 0 Å². The van der Waals surface area contributed by atoms with E-state index in [0.717, 1.165) is 38.6 Å². The molecule has 0 aliphatic carbocycles. The molecule has 3 nitrogen and oxygen atoms in total. The van der Waals surface area contributed by atoms with Gasteiger partial charge in [-0.15, -0.1) is 0 Å². The van der Waals surface area contributed by atoms with Gasteiger partial charge in [0.05, 0.1) is 0 Å². The van der Waals surface area contributed by atoms with Crippen LogP contribution in [0, 0.1) is 0 Å². The van der Waals surface area contributed by atoms with E-state index in [0.29, 0.717) is 6.71 Å². The van der Waals surface area contributed by atoms with Crippen molar-refractivity contribution in [1.29, 1.82) is 0 Å². The molecule has 4 heteroatoms. The summed E-state index contributed by atoms with van der Waals surface area (Å²) in [7, 11) is 0. The van der Waals surface area contributed by atoms with Crippen molar-refractivity contribution >= 4 is 6.71 Å². The van der Waals surface area contributed by atoms with E-state index in [9.17, 15) is 0 Å². The van der Waals surface area contributed by atoms with Crippen LogP contribution in [0.15, 0.2) is 0 Å². The lowest BCUT2D eigenvalue weighted by molar-refractivity contribution is 1.01. The van der Waals surface area contributed by atoms with Gasteiger partial charge >= 0.3 is 0 Å². The van der Waals surface area contributed by atoms with E-state index < -0.39 is 0 Å². The zero-order chi connectivity index (χ0) is 7.82. The SMILES string of the molecule is NCCB(CCN)CCN. The summed E-state index contributed by atoms with van der Waals surface area (Å²) in [6, 6.07) is 0. The van der Waals surface area contributed by atoms with Gasteiger partial charge in [0.1, 0.15) is 6.71 Å². The van der Waals surface area contributed by atoms with Gasteiger partial charge in [0.15, 0.2) is 0 Å². The van der Waals surface area contributed by atoms with Crippen LogP contribution < -0.4 is 17.2 Å². The van der Waals surface area contributed by atoms with Gasteiger partial charge in [-0.05, 0) is 19.6 Å². The van der Waals surface area contributed by atoms with Crippen molar-refractivity contribution < 1.29 is 0 Å². The van der Waals surface area contributed by atoms with E-state index in [4.69, 9.17) is 17.2 Å². The standard InChI is InChI=1S/C6H18BN3/c8-4-1-7(2-5-9)3-6-10/h1-6,8-10H2. The summed E-state index contributed by atoms with van der Waals surface area (Å²) in [4.78, 5) is 0. The molecule has 0 aromatic heterocycles. The van der Waals surface area contributed by atoms with Crippen LogP contribution in [0.2, 0.25) is 19.0 Å². The maximum Gasteiger partial charge on any atom is 0.143 e. The summed E-state index contributed by atoms with van der Waals surface area (Å²) < 4.78 is 0. The Kier molecular flexibility index (Phi) is 7.02. The molecule has 0 heterocycles. The minimum absolute atomic E-state index is 0.653. The van der Waals surface area contributed by atoms with E-state index in [1.165, 1.54) is 0 Å². The molecule has 0 aromatic carbocycles. The molecule has 0 radical (unpaired) electrons. The van der Waals surface area contributed by atoms with E-state index in [2.05, 4.69) is 0 Å². The Balaban J connectivity index is 3.30. The summed E-state index contributed by atoms with van der Waals surface area (Å²) in [5, 5.41) is 0. The molecular formula is C6H18BN3. The van der Waals surface area contributed by atoms with Crippen LogP contribution >= 0.6 is 0 Å². The molecule has 0 aliphatic rings. The van der Waals surface area contributed by atoms with Crippen LogP contribution in [0.3, 0.4) is 0 Å². The largest absolute Gasteiger partial charge is 0.331 e. The Bertz CT molecular complexity index is 55.7. The summed E-state index contributed by atoms with van der Waals surface area (Å²) in [6.45, 7) is 2.92. The molecule has 10 heavy (non-hydrogen) atoms. The van der Waals surface area contributed by atoms with E-state index in [1.807, 2.05) is 0 Å². The molecule has 0 aliphatic heterocycles. The smallest absolute Gasteiger partial charge is 0.143 e. The lowest BCUT2D eigenvalue weighted by Crippen LogP contribution is -2.23. The number of nitrogens with two attached hydrogens (primary N) is 3. The van der Waals surface area contributed by atoms with Crippen molar-refractivity contribution in [2.24, 2.45) is 17.2 Å². The second-order valence-corrected chi connectivity index (χ2v) is 2.60. The summed E-state index contributed by atoms with van der Waals surface area (Å²) >= 11 is 0. The molecule has 0 fully saturated rings. The van der Waals surface area contributed by atoms with Crippen LogP contribution in [-0.2, 0) is 0 Å².